The summed E-state index contributed by atoms with van der Waals surface area (Å²) in [6.45, 7) is 7.42. The highest BCUT2D eigenvalue weighted by Crippen LogP contribution is 2.13. The number of amides is 2. The molecule has 0 aliphatic rings. The van der Waals surface area contributed by atoms with Crippen LogP contribution in [0.5, 0.6) is 0 Å². The first-order chi connectivity index (χ1) is 12.3. The summed E-state index contributed by atoms with van der Waals surface area (Å²) in [4.78, 5) is 35.0. The molecule has 144 valence electrons. The maximum absolute atomic E-state index is 11.9. The van der Waals surface area contributed by atoms with Gasteiger partial charge in [-0.25, -0.2) is 0 Å². The minimum Gasteiger partial charge on any atom is -0.454 e. The number of esters is 1. The van der Waals surface area contributed by atoms with Crippen LogP contribution in [0.1, 0.15) is 57.7 Å². The Morgan fingerprint density at radius 2 is 1.69 bits per heavy atom. The maximum atomic E-state index is 11.9. The third kappa shape index (κ3) is 8.65. The Labute approximate surface area is 155 Å². The molecule has 0 saturated carbocycles. The zero-order valence-electron chi connectivity index (χ0n) is 16.1. The van der Waals surface area contributed by atoms with E-state index in [1.165, 1.54) is 5.56 Å². The highest BCUT2D eigenvalue weighted by Gasteiger charge is 2.13. The van der Waals surface area contributed by atoms with E-state index in [-0.39, 0.29) is 31.0 Å². The number of aryl methyl sites for hydroxylation is 1. The van der Waals surface area contributed by atoms with Gasteiger partial charge in [-0.15, -0.1) is 0 Å². The molecule has 0 bridgehead atoms. The van der Waals surface area contributed by atoms with E-state index < -0.39 is 5.97 Å². The first kappa shape index (κ1) is 21.7. The highest BCUT2D eigenvalue weighted by molar-refractivity contribution is 5.84. The maximum Gasteiger partial charge on any atom is 0.325 e. The Bertz CT molecular complexity index is 596. The van der Waals surface area contributed by atoms with Gasteiger partial charge in [-0.2, -0.15) is 0 Å². The molecule has 2 N–H and O–H groups in total. The van der Waals surface area contributed by atoms with Gasteiger partial charge in [0, 0.05) is 6.42 Å². The molecule has 0 saturated heterocycles. The zero-order valence-corrected chi connectivity index (χ0v) is 16.1. The van der Waals surface area contributed by atoms with Crippen LogP contribution in [0.4, 0.5) is 0 Å². The molecule has 1 rings (SSSR count). The summed E-state index contributed by atoms with van der Waals surface area (Å²) in [5, 5.41) is 5.28. The van der Waals surface area contributed by atoms with Gasteiger partial charge in [0.15, 0.2) is 6.61 Å². The smallest absolute Gasteiger partial charge is 0.325 e. The Morgan fingerprint density at radius 3 is 2.27 bits per heavy atom. The number of hydrogen-bond acceptors (Lipinski definition) is 4. The van der Waals surface area contributed by atoms with Crippen LogP contribution in [0.25, 0.3) is 0 Å². The van der Waals surface area contributed by atoms with Crippen molar-refractivity contribution in [3.63, 3.8) is 0 Å². The SMILES string of the molecule is CCc1ccc(C(C)NC(=O)COC(=O)CNC(=O)CCC(C)C)cc1. The van der Waals surface area contributed by atoms with Gasteiger partial charge < -0.3 is 15.4 Å². The third-order valence-corrected chi connectivity index (χ3v) is 4.01. The molecule has 1 aromatic carbocycles. The van der Waals surface area contributed by atoms with Crippen LogP contribution in [0.3, 0.4) is 0 Å². The first-order valence-corrected chi connectivity index (χ1v) is 9.12. The van der Waals surface area contributed by atoms with Crippen molar-refractivity contribution in [2.75, 3.05) is 13.2 Å². The lowest BCUT2D eigenvalue weighted by molar-refractivity contribution is -0.148. The molecule has 1 aromatic rings. The van der Waals surface area contributed by atoms with E-state index in [1.54, 1.807) is 0 Å². The van der Waals surface area contributed by atoms with Crippen molar-refractivity contribution in [2.24, 2.45) is 5.92 Å². The molecular formula is C20H30N2O4. The molecule has 1 unspecified atom stereocenters. The summed E-state index contributed by atoms with van der Waals surface area (Å²) in [5.41, 5.74) is 2.22. The van der Waals surface area contributed by atoms with Gasteiger partial charge in [0.25, 0.3) is 5.91 Å². The van der Waals surface area contributed by atoms with Crippen molar-refractivity contribution >= 4 is 17.8 Å². The average molecular weight is 362 g/mol. The lowest BCUT2D eigenvalue weighted by Gasteiger charge is -2.15. The van der Waals surface area contributed by atoms with Crippen molar-refractivity contribution in [2.45, 2.75) is 53.0 Å². The van der Waals surface area contributed by atoms with Crippen LogP contribution in [0.15, 0.2) is 24.3 Å². The third-order valence-electron chi connectivity index (χ3n) is 4.01. The van der Waals surface area contributed by atoms with Crippen LogP contribution < -0.4 is 10.6 Å². The Kier molecular flexibility index (Phi) is 9.41. The second-order valence-electron chi connectivity index (χ2n) is 6.75. The highest BCUT2D eigenvalue weighted by atomic mass is 16.5. The zero-order chi connectivity index (χ0) is 19.5. The molecule has 0 radical (unpaired) electrons. The van der Waals surface area contributed by atoms with Gasteiger partial charge in [0.1, 0.15) is 6.54 Å². The van der Waals surface area contributed by atoms with Crippen LogP contribution in [0, 0.1) is 5.92 Å². The molecule has 6 nitrogen and oxygen atoms in total. The number of carbonyl (C=O) groups excluding carboxylic acids is 3. The molecule has 26 heavy (non-hydrogen) atoms. The quantitative estimate of drug-likeness (QED) is 0.627. The van der Waals surface area contributed by atoms with Crippen molar-refractivity contribution in [1.29, 1.82) is 0 Å². The van der Waals surface area contributed by atoms with Gasteiger partial charge in [-0.1, -0.05) is 45.0 Å². The van der Waals surface area contributed by atoms with E-state index >= 15 is 0 Å². The van der Waals surface area contributed by atoms with Crippen LogP contribution >= 0.6 is 0 Å². The van der Waals surface area contributed by atoms with Crippen molar-refractivity contribution < 1.29 is 19.1 Å². The van der Waals surface area contributed by atoms with Crippen molar-refractivity contribution in [3.8, 4) is 0 Å². The standard InChI is InChI=1S/C20H30N2O4/c1-5-16-7-9-17(10-8-16)15(4)22-19(24)13-26-20(25)12-21-18(23)11-6-14(2)3/h7-10,14-15H,5-6,11-13H2,1-4H3,(H,21,23)(H,22,24). The number of ether oxygens (including phenoxy) is 1. The molecule has 1 atom stereocenters. The Morgan fingerprint density at radius 1 is 1.04 bits per heavy atom. The van der Waals surface area contributed by atoms with E-state index in [4.69, 9.17) is 4.74 Å². The monoisotopic (exact) mass is 362 g/mol. The number of hydrogen-bond donors (Lipinski definition) is 2. The van der Waals surface area contributed by atoms with Gasteiger partial charge >= 0.3 is 5.97 Å². The average Bonchev–Trinajstić information content (AvgIpc) is 2.62. The van der Waals surface area contributed by atoms with Crippen LogP contribution in [-0.2, 0) is 25.5 Å². The second-order valence-corrected chi connectivity index (χ2v) is 6.75. The van der Waals surface area contributed by atoms with Gasteiger partial charge in [-0.05, 0) is 36.8 Å². The van der Waals surface area contributed by atoms with Crippen LogP contribution in [0.2, 0.25) is 0 Å². The summed E-state index contributed by atoms with van der Waals surface area (Å²) in [6.07, 6.45) is 2.10. The molecule has 0 aliphatic carbocycles. The molecular weight excluding hydrogens is 332 g/mol. The van der Waals surface area contributed by atoms with Crippen LogP contribution in [-0.4, -0.2) is 30.9 Å². The summed E-state index contributed by atoms with van der Waals surface area (Å²) in [5.74, 6) is -0.768. The minimum absolute atomic E-state index is 0.178. The van der Waals surface area contributed by atoms with E-state index in [0.717, 1.165) is 18.4 Å². The number of carbonyl (C=O) groups is 3. The van der Waals surface area contributed by atoms with E-state index in [1.807, 2.05) is 45.0 Å². The first-order valence-electron chi connectivity index (χ1n) is 9.12. The van der Waals surface area contributed by atoms with E-state index in [9.17, 15) is 14.4 Å². The number of nitrogens with one attached hydrogen (secondary N) is 2. The lowest BCUT2D eigenvalue weighted by Crippen LogP contribution is -2.34. The van der Waals surface area contributed by atoms with Gasteiger partial charge in [0.2, 0.25) is 5.91 Å². The predicted octanol–water partition coefficient (Wildman–Crippen LogP) is 2.52. The summed E-state index contributed by atoms with van der Waals surface area (Å²) >= 11 is 0. The topological polar surface area (TPSA) is 84.5 Å². The minimum atomic E-state index is -0.627. The summed E-state index contributed by atoms with van der Waals surface area (Å²) in [6, 6.07) is 7.83. The fourth-order valence-electron chi connectivity index (χ4n) is 2.28. The normalized spacial score (nSPS) is 11.7. The van der Waals surface area contributed by atoms with Gasteiger partial charge in [-0.3, -0.25) is 14.4 Å². The molecule has 0 fully saturated rings. The largest absolute Gasteiger partial charge is 0.454 e. The lowest BCUT2D eigenvalue weighted by atomic mass is 10.1. The summed E-state index contributed by atoms with van der Waals surface area (Å²) < 4.78 is 4.89. The molecule has 0 spiro atoms. The number of benzene rings is 1. The Balaban J connectivity index is 2.27. The molecule has 0 heterocycles. The fourth-order valence-corrected chi connectivity index (χ4v) is 2.28. The fraction of sp³-hybridized carbons (Fsp3) is 0.550. The molecule has 0 aromatic heterocycles. The molecule has 6 heteroatoms. The molecule has 0 aliphatic heterocycles. The number of rotatable bonds is 10. The van der Waals surface area contributed by atoms with Gasteiger partial charge in [0.05, 0.1) is 6.04 Å². The van der Waals surface area contributed by atoms with E-state index in [0.29, 0.717) is 12.3 Å². The molecule has 2 amide bonds. The second kappa shape index (κ2) is 11.3. The van der Waals surface area contributed by atoms with Crippen molar-refractivity contribution in [1.82, 2.24) is 10.6 Å². The summed E-state index contributed by atoms with van der Waals surface area (Å²) in [7, 11) is 0. The van der Waals surface area contributed by atoms with E-state index in [2.05, 4.69) is 17.6 Å². The Hall–Kier alpha value is -2.37. The van der Waals surface area contributed by atoms with Crippen molar-refractivity contribution in [3.05, 3.63) is 35.4 Å². The predicted molar refractivity (Wildman–Crippen MR) is 100 cm³/mol.